The van der Waals surface area contributed by atoms with Crippen LogP contribution < -0.4 is 5.32 Å². The molecule has 29 heavy (non-hydrogen) atoms. The normalized spacial score (nSPS) is 14.9. The number of aromatic amines is 1. The molecule has 0 amide bonds. The predicted octanol–water partition coefficient (Wildman–Crippen LogP) is 3.78. The number of anilines is 1. The molecule has 0 aromatic carbocycles. The van der Waals surface area contributed by atoms with Crippen molar-refractivity contribution in [3.63, 3.8) is 0 Å². The maximum Gasteiger partial charge on any atom is 0.356 e. The third-order valence-electron chi connectivity index (χ3n) is 5.35. The Morgan fingerprint density at radius 3 is 2.97 bits per heavy atom. The summed E-state index contributed by atoms with van der Waals surface area (Å²) in [5.74, 6) is 0.126. The molecule has 3 aromatic heterocycles. The van der Waals surface area contributed by atoms with E-state index < -0.39 is 5.97 Å². The highest BCUT2D eigenvalue weighted by Crippen LogP contribution is 2.38. The second kappa shape index (κ2) is 7.66. The highest BCUT2D eigenvalue weighted by atomic mass is 16.5. The highest BCUT2D eigenvalue weighted by Gasteiger charge is 2.29. The minimum Gasteiger partial charge on any atom is -0.464 e. The number of carbonyl (C=O) groups is 1. The van der Waals surface area contributed by atoms with E-state index in [-0.39, 0.29) is 11.1 Å². The first-order valence-corrected chi connectivity index (χ1v) is 9.75. The standard InChI is InChI=1S/C22H25N5O2/c1-22(2)7-6-16-18(11-22)26-27-20(16)15-9-17(21(28)29-3)25-19(10-15)24-13-14-5-4-8-23-12-14/h4-5,8-10,12H,6-7,11,13H2,1-3H3,(H,24,25)(H,26,27). The van der Waals surface area contributed by atoms with Gasteiger partial charge in [-0.05, 0) is 48.4 Å². The van der Waals surface area contributed by atoms with Crippen molar-refractivity contribution in [2.75, 3.05) is 12.4 Å². The fourth-order valence-electron chi connectivity index (χ4n) is 3.75. The Kier molecular flexibility index (Phi) is 5.05. The lowest BCUT2D eigenvalue weighted by atomic mass is 9.76. The molecule has 0 spiro atoms. The summed E-state index contributed by atoms with van der Waals surface area (Å²) < 4.78 is 4.90. The molecule has 3 aromatic rings. The van der Waals surface area contributed by atoms with Crippen molar-refractivity contribution in [3.8, 4) is 11.3 Å². The largest absolute Gasteiger partial charge is 0.464 e. The van der Waals surface area contributed by atoms with Gasteiger partial charge in [0.05, 0.1) is 12.8 Å². The van der Waals surface area contributed by atoms with Crippen LogP contribution in [0.5, 0.6) is 0 Å². The summed E-state index contributed by atoms with van der Waals surface area (Å²) in [6.07, 6.45) is 6.57. The number of aromatic nitrogens is 4. The topological polar surface area (TPSA) is 92.8 Å². The molecule has 0 radical (unpaired) electrons. The van der Waals surface area contributed by atoms with Gasteiger partial charge >= 0.3 is 5.97 Å². The molecule has 4 rings (SSSR count). The molecular formula is C22H25N5O2. The number of esters is 1. The molecule has 1 aliphatic carbocycles. The molecule has 0 fully saturated rings. The Balaban J connectivity index is 1.68. The summed E-state index contributed by atoms with van der Waals surface area (Å²) in [6, 6.07) is 7.55. The number of hydrogen-bond acceptors (Lipinski definition) is 6. The summed E-state index contributed by atoms with van der Waals surface area (Å²) in [5.41, 5.74) is 5.69. The van der Waals surface area contributed by atoms with Crippen molar-refractivity contribution < 1.29 is 9.53 Å². The molecule has 1 aliphatic rings. The summed E-state index contributed by atoms with van der Waals surface area (Å²) >= 11 is 0. The van der Waals surface area contributed by atoms with Gasteiger partial charge in [0.1, 0.15) is 5.82 Å². The minimum absolute atomic E-state index is 0.256. The van der Waals surface area contributed by atoms with Crippen molar-refractivity contribution in [3.05, 3.63) is 59.2 Å². The van der Waals surface area contributed by atoms with Crippen molar-refractivity contribution in [2.45, 2.75) is 39.7 Å². The zero-order chi connectivity index (χ0) is 20.4. The number of ether oxygens (including phenoxy) is 1. The van der Waals surface area contributed by atoms with Gasteiger partial charge in [0.2, 0.25) is 0 Å². The van der Waals surface area contributed by atoms with Gasteiger partial charge in [0.25, 0.3) is 0 Å². The molecule has 7 heteroatoms. The van der Waals surface area contributed by atoms with Crippen LogP contribution in [0, 0.1) is 5.41 Å². The summed E-state index contributed by atoms with van der Waals surface area (Å²) in [6.45, 7) is 5.11. The summed E-state index contributed by atoms with van der Waals surface area (Å²) in [5, 5.41) is 11.1. The first-order chi connectivity index (χ1) is 13.9. The molecule has 3 heterocycles. The molecule has 0 atom stereocenters. The lowest BCUT2D eigenvalue weighted by molar-refractivity contribution is 0.0594. The molecule has 0 aliphatic heterocycles. The van der Waals surface area contributed by atoms with Gasteiger partial charge < -0.3 is 10.1 Å². The Morgan fingerprint density at radius 1 is 1.34 bits per heavy atom. The summed E-state index contributed by atoms with van der Waals surface area (Å²) in [4.78, 5) is 20.7. The van der Waals surface area contributed by atoms with E-state index >= 15 is 0 Å². The Morgan fingerprint density at radius 2 is 2.21 bits per heavy atom. The van der Waals surface area contributed by atoms with E-state index in [1.165, 1.54) is 18.4 Å². The van der Waals surface area contributed by atoms with Crippen LogP contribution in [0.3, 0.4) is 0 Å². The van der Waals surface area contributed by atoms with Gasteiger partial charge in [-0.25, -0.2) is 9.78 Å². The van der Waals surface area contributed by atoms with Gasteiger partial charge in [-0.3, -0.25) is 10.1 Å². The van der Waals surface area contributed by atoms with Crippen molar-refractivity contribution >= 4 is 11.8 Å². The molecule has 0 saturated carbocycles. The van der Waals surface area contributed by atoms with Crippen LogP contribution in [-0.4, -0.2) is 33.2 Å². The minimum atomic E-state index is -0.471. The van der Waals surface area contributed by atoms with E-state index in [1.54, 1.807) is 18.5 Å². The first kappa shape index (κ1) is 19.1. The molecule has 2 N–H and O–H groups in total. The van der Waals surface area contributed by atoms with Crippen molar-refractivity contribution in [1.82, 2.24) is 20.2 Å². The number of fused-ring (bicyclic) bond motifs is 1. The summed E-state index contributed by atoms with van der Waals surface area (Å²) in [7, 11) is 1.36. The number of pyridine rings is 2. The number of H-pyrrole nitrogens is 1. The number of hydrogen-bond donors (Lipinski definition) is 2. The number of nitrogens with zero attached hydrogens (tertiary/aromatic N) is 3. The number of nitrogens with one attached hydrogen (secondary N) is 2. The average molecular weight is 391 g/mol. The van der Waals surface area contributed by atoms with E-state index in [0.29, 0.717) is 12.4 Å². The maximum absolute atomic E-state index is 12.2. The Bertz CT molecular complexity index is 1030. The van der Waals surface area contributed by atoms with Crippen LogP contribution in [0.15, 0.2) is 36.7 Å². The third kappa shape index (κ3) is 4.13. The van der Waals surface area contributed by atoms with Crippen molar-refractivity contribution in [1.29, 1.82) is 0 Å². The zero-order valence-electron chi connectivity index (χ0n) is 17.0. The van der Waals surface area contributed by atoms with E-state index in [1.807, 2.05) is 18.2 Å². The molecule has 0 saturated heterocycles. The first-order valence-electron chi connectivity index (χ1n) is 9.75. The molecule has 150 valence electrons. The van der Waals surface area contributed by atoms with Gasteiger partial charge in [-0.15, -0.1) is 0 Å². The van der Waals surface area contributed by atoms with E-state index in [9.17, 15) is 4.79 Å². The predicted molar refractivity (Wildman–Crippen MR) is 111 cm³/mol. The lowest BCUT2D eigenvalue weighted by Gasteiger charge is -2.29. The third-order valence-corrected chi connectivity index (χ3v) is 5.35. The van der Waals surface area contributed by atoms with Gasteiger partial charge in [0.15, 0.2) is 5.69 Å². The number of methoxy groups -OCH3 is 1. The van der Waals surface area contributed by atoms with E-state index in [4.69, 9.17) is 4.74 Å². The monoisotopic (exact) mass is 391 g/mol. The van der Waals surface area contributed by atoms with Crippen LogP contribution in [0.25, 0.3) is 11.3 Å². The fourth-order valence-corrected chi connectivity index (χ4v) is 3.75. The second-order valence-electron chi connectivity index (χ2n) is 8.20. The smallest absolute Gasteiger partial charge is 0.356 e. The number of carbonyl (C=O) groups excluding carboxylic acids is 1. The van der Waals surface area contributed by atoms with Crippen LogP contribution >= 0.6 is 0 Å². The molecule has 0 bridgehead atoms. The van der Waals surface area contributed by atoms with Crippen LogP contribution in [0.1, 0.15) is 47.6 Å². The fraction of sp³-hybridized carbons (Fsp3) is 0.364. The van der Waals surface area contributed by atoms with Crippen LogP contribution in [0.4, 0.5) is 5.82 Å². The van der Waals surface area contributed by atoms with Gasteiger partial charge in [-0.1, -0.05) is 19.9 Å². The van der Waals surface area contributed by atoms with Gasteiger partial charge in [-0.2, -0.15) is 5.10 Å². The molecule has 7 nitrogen and oxygen atoms in total. The zero-order valence-corrected chi connectivity index (χ0v) is 17.0. The number of rotatable bonds is 5. The second-order valence-corrected chi connectivity index (χ2v) is 8.20. The SMILES string of the molecule is COC(=O)c1cc(-c2n[nH]c3c2CCC(C)(C)C3)cc(NCc2cccnc2)n1. The highest BCUT2D eigenvalue weighted by molar-refractivity contribution is 5.89. The van der Waals surface area contributed by atoms with Gasteiger partial charge in [0, 0.05) is 35.8 Å². The Labute approximate surface area is 169 Å². The maximum atomic E-state index is 12.2. The van der Waals surface area contributed by atoms with Crippen molar-refractivity contribution in [2.24, 2.45) is 5.41 Å². The van der Waals surface area contributed by atoms with E-state index in [0.717, 1.165) is 36.1 Å². The molecule has 0 unspecified atom stereocenters. The molecular weight excluding hydrogens is 366 g/mol. The lowest BCUT2D eigenvalue weighted by Crippen LogP contribution is -2.21. The van der Waals surface area contributed by atoms with Crippen LogP contribution in [-0.2, 0) is 24.1 Å². The Hall–Kier alpha value is -3.22. The van der Waals surface area contributed by atoms with E-state index in [2.05, 4.69) is 39.3 Å². The average Bonchev–Trinajstić information content (AvgIpc) is 3.14. The van der Waals surface area contributed by atoms with Crippen LogP contribution in [0.2, 0.25) is 0 Å². The quantitative estimate of drug-likeness (QED) is 0.643.